The maximum absolute atomic E-state index is 12.4. The second kappa shape index (κ2) is 4.92. The summed E-state index contributed by atoms with van der Waals surface area (Å²) >= 11 is 0. The molecule has 16 heavy (non-hydrogen) atoms. The Bertz CT molecular complexity index is 220. The third kappa shape index (κ3) is 4.29. The van der Waals surface area contributed by atoms with Crippen molar-refractivity contribution in [2.24, 2.45) is 5.73 Å². The lowest BCUT2D eigenvalue weighted by molar-refractivity contribution is -0.149. The van der Waals surface area contributed by atoms with Crippen LogP contribution < -0.4 is 5.73 Å². The van der Waals surface area contributed by atoms with Gasteiger partial charge >= 0.3 is 6.18 Å². The van der Waals surface area contributed by atoms with E-state index in [0.29, 0.717) is 19.4 Å². The molecule has 0 bridgehead atoms. The Hall–Kier alpha value is -0.290. The first-order valence-electron chi connectivity index (χ1n) is 5.89. The Morgan fingerprint density at radius 3 is 1.94 bits per heavy atom. The van der Waals surface area contributed by atoms with Crippen LogP contribution in [0.25, 0.3) is 0 Å². The minimum atomic E-state index is -4.12. The van der Waals surface area contributed by atoms with Crippen LogP contribution in [0.1, 0.15) is 39.5 Å². The lowest BCUT2D eigenvalue weighted by Gasteiger charge is -2.34. The van der Waals surface area contributed by atoms with Gasteiger partial charge in [0, 0.05) is 18.1 Å². The molecule has 2 N–H and O–H groups in total. The van der Waals surface area contributed by atoms with Crippen molar-refractivity contribution in [1.29, 1.82) is 0 Å². The quantitative estimate of drug-likeness (QED) is 0.770. The molecule has 5 heteroatoms. The monoisotopic (exact) mass is 238 g/mol. The van der Waals surface area contributed by atoms with Gasteiger partial charge in [0.25, 0.3) is 0 Å². The number of nitrogens with zero attached hydrogens (tertiary/aromatic N) is 1. The van der Waals surface area contributed by atoms with Crippen molar-refractivity contribution >= 4 is 0 Å². The second-order valence-electron chi connectivity index (χ2n) is 4.82. The number of nitrogens with two attached hydrogens (primary N) is 1. The molecule has 1 aliphatic rings. The highest BCUT2D eigenvalue weighted by molar-refractivity contribution is 4.92. The van der Waals surface area contributed by atoms with Gasteiger partial charge in [-0.25, -0.2) is 0 Å². The first kappa shape index (κ1) is 13.8. The van der Waals surface area contributed by atoms with Crippen molar-refractivity contribution in [3.05, 3.63) is 0 Å². The van der Waals surface area contributed by atoms with E-state index in [1.807, 2.05) is 13.8 Å². The zero-order chi connectivity index (χ0) is 12.4. The van der Waals surface area contributed by atoms with Gasteiger partial charge < -0.3 is 5.73 Å². The van der Waals surface area contributed by atoms with Crippen LogP contribution in [0.15, 0.2) is 0 Å². The van der Waals surface area contributed by atoms with E-state index in [2.05, 4.69) is 0 Å². The molecule has 0 unspecified atom stereocenters. The van der Waals surface area contributed by atoms with Crippen molar-refractivity contribution in [1.82, 2.24) is 4.90 Å². The zero-order valence-electron chi connectivity index (χ0n) is 9.98. The maximum atomic E-state index is 12.4. The van der Waals surface area contributed by atoms with Gasteiger partial charge in [0.05, 0.1) is 6.54 Å². The number of hydrogen-bond donors (Lipinski definition) is 1. The lowest BCUT2D eigenvalue weighted by Crippen LogP contribution is -2.52. The van der Waals surface area contributed by atoms with Crippen molar-refractivity contribution in [3.8, 4) is 0 Å². The highest BCUT2D eigenvalue weighted by atomic mass is 19.4. The summed E-state index contributed by atoms with van der Waals surface area (Å²) in [5.74, 6) is 0. The lowest BCUT2D eigenvalue weighted by atomic mass is 9.93. The number of halogens is 3. The third-order valence-corrected chi connectivity index (χ3v) is 3.37. The molecule has 0 aromatic carbocycles. The topological polar surface area (TPSA) is 29.3 Å². The van der Waals surface area contributed by atoms with Crippen LogP contribution in [0.5, 0.6) is 0 Å². The summed E-state index contributed by atoms with van der Waals surface area (Å²) in [6.07, 6.45) is -0.945. The smallest absolute Gasteiger partial charge is 0.324 e. The van der Waals surface area contributed by atoms with Crippen LogP contribution in [0.4, 0.5) is 13.2 Å². The molecule has 0 radical (unpaired) electrons. The van der Waals surface area contributed by atoms with Crippen molar-refractivity contribution in [2.45, 2.75) is 57.3 Å². The van der Waals surface area contributed by atoms with E-state index in [1.54, 1.807) is 0 Å². The van der Waals surface area contributed by atoms with Gasteiger partial charge in [-0.2, -0.15) is 13.2 Å². The van der Waals surface area contributed by atoms with Gasteiger partial charge in [-0.05, 0) is 25.7 Å². The summed E-state index contributed by atoms with van der Waals surface area (Å²) in [5.41, 5.74) is 5.59. The normalized spacial score (nSPS) is 18.2. The van der Waals surface area contributed by atoms with Gasteiger partial charge in [0.2, 0.25) is 0 Å². The Morgan fingerprint density at radius 2 is 1.62 bits per heavy atom. The van der Waals surface area contributed by atoms with Crippen LogP contribution in [0.2, 0.25) is 0 Å². The highest BCUT2D eigenvalue weighted by Gasteiger charge is 2.40. The van der Waals surface area contributed by atoms with Gasteiger partial charge in [-0.1, -0.05) is 13.8 Å². The molecular weight excluding hydrogens is 217 g/mol. The molecule has 0 amide bonds. The van der Waals surface area contributed by atoms with Crippen LogP contribution >= 0.6 is 0 Å². The number of hydrogen-bond acceptors (Lipinski definition) is 2. The van der Waals surface area contributed by atoms with E-state index < -0.39 is 18.3 Å². The van der Waals surface area contributed by atoms with Gasteiger partial charge in [-0.3, -0.25) is 4.90 Å². The Balaban J connectivity index is 2.57. The molecule has 1 aliphatic carbocycles. The number of alkyl halides is 3. The fourth-order valence-corrected chi connectivity index (χ4v) is 1.86. The summed E-state index contributed by atoms with van der Waals surface area (Å²) < 4.78 is 37.2. The van der Waals surface area contributed by atoms with E-state index in [1.165, 1.54) is 4.90 Å². The molecule has 1 fully saturated rings. The van der Waals surface area contributed by atoms with E-state index in [9.17, 15) is 13.2 Å². The van der Waals surface area contributed by atoms with Gasteiger partial charge in [-0.15, -0.1) is 0 Å². The molecule has 0 saturated heterocycles. The summed E-state index contributed by atoms with van der Waals surface area (Å²) in [7, 11) is 0. The molecule has 0 atom stereocenters. The first-order valence-corrected chi connectivity index (χ1v) is 5.89. The zero-order valence-corrected chi connectivity index (χ0v) is 9.98. The van der Waals surface area contributed by atoms with E-state index in [0.717, 1.165) is 12.8 Å². The third-order valence-electron chi connectivity index (χ3n) is 3.37. The largest absolute Gasteiger partial charge is 0.401 e. The summed E-state index contributed by atoms with van der Waals surface area (Å²) in [6.45, 7) is 3.39. The van der Waals surface area contributed by atoms with Crippen LogP contribution in [0.3, 0.4) is 0 Å². The molecule has 96 valence electrons. The molecule has 1 rings (SSSR count). The van der Waals surface area contributed by atoms with Crippen LogP contribution in [-0.2, 0) is 0 Å². The molecule has 0 aliphatic heterocycles. The minimum Gasteiger partial charge on any atom is -0.324 e. The SMILES string of the molecule is CCC(N)(CC)CN(CC(F)(F)F)C1CC1. The summed E-state index contributed by atoms with van der Waals surface area (Å²) in [4.78, 5) is 1.51. The summed E-state index contributed by atoms with van der Waals surface area (Å²) in [6, 6.07) is 0.0997. The molecule has 0 aromatic heterocycles. The predicted molar refractivity (Wildman–Crippen MR) is 58.2 cm³/mol. The minimum absolute atomic E-state index is 0.0997. The fourth-order valence-electron chi connectivity index (χ4n) is 1.86. The highest BCUT2D eigenvalue weighted by Crippen LogP contribution is 2.31. The average Bonchev–Trinajstić information content (AvgIpc) is 2.97. The Kier molecular flexibility index (Phi) is 4.23. The van der Waals surface area contributed by atoms with Crippen molar-refractivity contribution in [2.75, 3.05) is 13.1 Å². The summed E-state index contributed by atoms with van der Waals surface area (Å²) in [5, 5.41) is 0. The number of rotatable bonds is 6. The van der Waals surface area contributed by atoms with Crippen molar-refractivity contribution < 1.29 is 13.2 Å². The van der Waals surface area contributed by atoms with E-state index in [-0.39, 0.29) is 6.04 Å². The van der Waals surface area contributed by atoms with E-state index >= 15 is 0 Å². The predicted octanol–water partition coefficient (Wildman–Crippen LogP) is 2.53. The second-order valence-corrected chi connectivity index (χ2v) is 4.82. The fraction of sp³-hybridized carbons (Fsp3) is 1.00. The molecule has 0 spiro atoms. The maximum Gasteiger partial charge on any atom is 0.401 e. The molecule has 0 heterocycles. The first-order chi connectivity index (χ1) is 7.29. The average molecular weight is 238 g/mol. The molecular formula is C11H21F3N2. The van der Waals surface area contributed by atoms with Crippen LogP contribution in [0, 0.1) is 0 Å². The molecule has 1 saturated carbocycles. The van der Waals surface area contributed by atoms with Crippen LogP contribution in [-0.4, -0.2) is 35.7 Å². The van der Waals surface area contributed by atoms with Crippen molar-refractivity contribution in [3.63, 3.8) is 0 Å². The standard InChI is InChI=1S/C11H21F3N2/c1-3-10(15,4-2)7-16(9-5-6-9)8-11(12,13)14/h9H,3-8,15H2,1-2H3. The van der Waals surface area contributed by atoms with Gasteiger partial charge in [0.1, 0.15) is 0 Å². The Labute approximate surface area is 95.0 Å². The molecule has 0 aromatic rings. The molecule has 2 nitrogen and oxygen atoms in total. The van der Waals surface area contributed by atoms with Gasteiger partial charge in [0.15, 0.2) is 0 Å². The Morgan fingerprint density at radius 1 is 1.12 bits per heavy atom. The van der Waals surface area contributed by atoms with E-state index in [4.69, 9.17) is 5.73 Å².